The highest BCUT2D eigenvalue weighted by molar-refractivity contribution is 7.99. The summed E-state index contributed by atoms with van der Waals surface area (Å²) in [5, 5.41) is 3.45. The minimum atomic E-state index is -0.457. The number of H-pyrrole nitrogens is 1. The number of hydrogen-bond acceptors (Lipinski definition) is 5. The number of thioether (sulfide) groups is 1. The summed E-state index contributed by atoms with van der Waals surface area (Å²) in [6.45, 7) is 5.58. The fraction of sp³-hybridized carbons (Fsp3) is 0.250. The Bertz CT molecular complexity index is 982. The largest absolute Gasteiger partial charge is 0.459 e. The van der Waals surface area contributed by atoms with Crippen LogP contribution in [-0.2, 0) is 9.53 Å². The van der Waals surface area contributed by atoms with E-state index < -0.39 is 5.97 Å². The monoisotopic (exact) mass is 383 g/mol. The van der Waals surface area contributed by atoms with E-state index in [4.69, 9.17) is 4.74 Å². The predicted molar refractivity (Wildman–Crippen MR) is 107 cm³/mol. The minimum Gasteiger partial charge on any atom is -0.459 e. The van der Waals surface area contributed by atoms with Gasteiger partial charge in [-0.2, -0.15) is 0 Å². The van der Waals surface area contributed by atoms with E-state index >= 15 is 0 Å². The van der Waals surface area contributed by atoms with Crippen LogP contribution in [0.1, 0.15) is 29.8 Å². The van der Waals surface area contributed by atoms with Crippen LogP contribution in [0.3, 0.4) is 0 Å². The molecule has 1 heterocycles. The molecule has 0 saturated carbocycles. The van der Waals surface area contributed by atoms with E-state index in [-0.39, 0.29) is 17.8 Å². The van der Waals surface area contributed by atoms with Gasteiger partial charge in [0.1, 0.15) is 0 Å². The summed E-state index contributed by atoms with van der Waals surface area (Å²) in [5.74, 6) is -0.505. The van der Waals surface area contributed by atoms with Gasteiger partial charge in [0.2, 0.25) is 5.91 Å². The van der Waals surface area contributed by atoms with Gasteiger partial charge in [0.05, 0.1) is 34.1 Å². The van der Waals surface area contributed by atoms with Crippen molar-refractivity contribution in [2.75, 3.05) is 11.1 Å². The first-order valence-corrected chi connectivity index (χ1v) is 9.60. The summed E-state index contributed by atoms with van der Waals surface area (Å²) in [6.07, 6.45) is -0.228. The first-order chi connectivity index (χ1) is 12.9. The maximum absolute atomic E-state index is 12.3. The molecule has 0 unspecified atom stereocenters. The third-order valence-electron chi connectivity index (χ3n) is 3.72. The lowest BCUT2D eigenvalue weighted by atomic mass is 10.2. The van der Waals surface area contributed by atoms with Gasteiger partial charge in [0.25, 0.3) is 0 Å². The molecule has 3 rings (SSSR count). The number of amides is 1. The summed E-state index contributed by atoms with van der Waals surface area (Å²) >= 11 is 1.31. The zero-order valence-electron chi connectivity index (χ0n) is 15.4. The van der Waals surface area contributed by atoms with Crippen LogP contribution >= 0.6 is 11.8 Å². The first-order valence-electron chi connectivity index (χ1n) is 8.61. The summed E-state index contributed by atoms with van der Waals surface area (Å²) in [6, 6.07) is 12.8. The number of fused-ring (bicyclic) bond motifs is 1. The van der Waals surface area contributed by atoms with Crippen LogP contribution in [0.4, 0.5) is 5.69 Å². The van der Waals surface area contributed by atoms with E-state index in [1.165, 1.54) is 11.8 Å². The Morgan fingerprint density at radius 2 is 2.00 bits per heavy atom. The van der Waals surface area contributed by atoms with Gasteiger partial charge in [0.15, 0.2) is 5.16 Å². The second kappa shape index (κ2) is 8.26. The van der Waals surface area contributed by atoms with Crippen LogP contribution in [0.5, 0.6) is 0 Å². The van der Waals surface area contributed by atoms with Gasteiger partial charge in [-0.25, -0.2) is 9.78 Å². The highest BCUT2D eigenvalue weighted by Gasteiger charge is 2.16. The van der Waals surface area contributed by atoms with Crippen LogP contribution in [0, 0.1) is 6.92 Å². The quantitative estimate of drug-likeness (QED) is 0.493. The van der Waals surface area contributed by atoms with Crippen LogP contribution in [0.2, 0.25) is 0 Å². The van der Waals surface area contributed by atoms with E-state index in [1.807, 2.05) is 25.1 Å². The smallest absolute Gasteiger partial charge is 0.340 e. The Labute approximate surface area is 161 Å². The van der Waals surface area contributed by atoms with Gasteiger partial charge in [-0.3, -0.25) is 4.79 Å². The normalized spacial score (nSPS) is 11.0. The van der Waals surface area contributed by atoms with Crippen LogP contribution in [-0.4, -0.2) is 33.7 Å². The number of imidazole rings is 1. The van der Waals surface area contributed by atoms with E-state index in [9.17, 15) is 9.59 Å². The summed E-state index contributed by atoms with van der Waals surface area (Å²) in [4.78, 5) is 32.2. The standard InChI is InChI=1S/C20H21N3O3S/c1-12(2)26-19(25)14-6-4-5-7-15(14)21-18(24)11-27-20-22-16-9-8-13(3)10-17(16)23-20/h4-10,12H,11H2,1-3H3,(H,21,24)(H,22,23). The number of hydrogen-bond donors (Lipinski definition) is 2. The zero-order chi connectivity index (χ0) is 19.4. The molecule has 0 aliphatic heterocycles. The maximum atomic E-state index is 12.3. The molecule has 1 aromatic heterocycles. The van der Waals surface area contributed by atoms with Gasteiger partial charge in [-0.05, 0) is 50.6 Å². The van der Waals surface area contributed by atoms with Gasteiger partial charge in [-0.15, -0.1) is 0 Å². The number of aryl methyl sites for hydroxylation is 1. The Kier molecular flexibility index (Phi) is 5.81. The third-order valence-corrected chi connectivity index (χ3v) is 4.59. The second-order valence-corrected chi connectivity index (χ2v) is 7.36. The molecule has 0 aliphatic carbocycles. The number of aromatic nitrogens is 2. The number of nitrogens with zero attached hydrogens (tertiary/aromatic N) is 1. The molecule has 3 aromatic rings. The fourth-order valence-electron chi connectivity index (χ4n) is 2.54. The average Bonchev–Trinajstić information content (AvgIpc) is 3.02. The van der Waals surface area contributed by atoms with Gasteiger partial charge >= 0.3 is 5.97 Å². The minimum absolute atomic E-state index is 0.173. The Morgan fingerprint density at radius 3 is 2.78 bits per heavy atom. The number of ether oxygens (including phenoxy) is 1. The van der Waals surface area contributed by atoms with Gasteiger partial charge < -0.3 is 15.0 Å². The molecule has 0 radical (unpaired) electrons. The Morgan fingerprint density at radius 1 is 1.22 bits per heavy atom. The molecule has 27 heavy (non-hydrogen) atoms. The first kappa shape index (κ1) is 19.0. The zero-order valence-corrected chi connectivity index (χ0v) is 16.2. The molecule has 2 N–H and O–H groups in total. The van der Waals surface area contributed by atoms with Crippen molar-refractivity contribution < 1.29 is 14.3 Å². The van der Waals surface area contributed by atoms with E-state index in [1.54, 1.807) is 38.1 Å². The fourth-order valence-corrected chi connectivity index (χ4v) is 3.22. The number of para-hydroxylation sites is 1. The molecule has 0 fully saturated rings. The number of esters is 1. The SMILES string of the molecule is Cc1ccc2nc(SCC(=O)Nc3ccccc3C(=O)OC(C)C)[nH]c2c1. The van der Waals surface area contributed by atoms with Crippen molar-refractivity contribution in [3.63, 3.8) is 0 Å². The highest BCUT2D eigenvalue weighted by atomic mass is 32.2. The molecule has 0 saturated heterocycles. The number of rotatable bonds is 6. The lowest BCUT2D eigenvalue weighted by Crippen LogP contribution is -2.18. The number of anilines is 1. The molecule has 7 heteroatoms. The highest BCUT2D eigenvalue weighted by Crippen LogP contribution is 2.21. The number of carbonyl (C=O) groups excluding carboxylic acids is 2. The molecule has 140 valence electrons. The van der Waals surface area contributed by atoms with Crippen molar-refractivity contribution in [2.45, 2.75) is 32.0 Å². The van der Waals surface area contributed by atoms with Crippen molar-refractivity contribution >= 4 is 40.4 Å². The molecular formula is C20H21N3O3S. The van der Waals surface area contributed by atoms with Crippen molar-refractivity contribution in [3.8, 4) is 0 Å². The number of nitrogens with one attached hydrogen (secondary N) is 2. The average molecular weight is 383 g/mol. The molecule has 1 amide bonds. The topological polar surface area (TPSA) is 84.1 Å². The summed E-state index contributed by atoms with van der Waals surface area (Å²) < 4.78 is 5.22. The van der Waals surface area contributed by atoms with E-state index in [0.29, 0.717) is 16.4 Å². The predicted octanol–water partition coefficient (Wildman–Crippen LogP) is 4.17. The lowest BCUT2D eigenvalue weighted by Gasteiger charge is -2.12. The van der Waals surface area contributed by atoms with Gasteiger partial charge in [-0.1, -0.05) is 30.0 Å². The summed E-state index contributed by atoms with van der Waals surface area (Å²) in [5.41, 5.74) is 3.73. The third kappa shape index (κ3) is 4.89. The molecule has 6 nitrogen and oxygen atoms in total. The van der Waals surface area contributed by atoms with Crippen molar-refractivity contribution in [2.24, 2.45) is 0 Å². The van der Waals surface area contributed by atoms with Gasteiger partial charge in [0, 0.05) is 0 Å². The number of carbonyl (C=O) groups is 2. The molecule has 2 aromatic carbocycles. The van der Waals surface area contributed by atoms with Crippen molar-refractivity contribution in [1.29, 1.82) is 0 Å². The molecule has 0 bridgehead atoms. The van der Waals surface area contributed by atoms with Crippen molar-refractivity contribution in [1.82, 2.24) is 9.97 Å². The number of benzene rings is 2. The lowest BCUT2D eigenvalue weighted by molar-refractivity contribution is -0.113. The maximum Gasteiger partial charge on any atom is 0.340 e. The van der Waals surface area contributed by atoms with Crippen molar-refractivity contribution in [3.05, 3.63) is 53.6 Å². The Hall–Kier alpha value is -2.80. The molecule has 0 atom stereocenters. The Balaban J connectivity index is 1.64. The molecular weight excluding hydrogens is 362 g/mol. The van der Waals surface area contributed by atoms with E-state index in [2.05, 4.69) is 15.3 Å². The second-order valence-electron chi connectivity index (χ2n) is 6.40. The summed E-state index contributed by atoms with van der Waals surface area (Å²) in [7, 11) is 0. The van der Waals surface area contributed by atoms with Crippen LogP contribution in [0.25, 0.3) is 11.0 Å². The molecule has 0 aliphatic rings. The number of aromatic amines is 1. The molecule has 0 spiro atoms. The van der Waals surface area contributed by atoms with Crippen LogP contribution in [0.15, 0.2) is 47.6 Å². The van der Waals surface area contributed by atoms with Crippen LogP contribution < -0.4 is 5.32 Å². The van der Waals surface area contributed by atoms with E-state index in [0.717, 1.165) is 16.6 Å².